The maximum atomic E-state index is 5.09. The molecule has 4 aromatic heterocycles. The Morgan fingerprint density at radius 1 is 0.419 bits per heavy atom. The monoisotopic (exact) mass is 551 g/mol. The second kappa shape index (κ2) is 10.2. The van der Waals surface area contributed by atoms with Crippen molar-refractivity contribution >= 4 is 0 Å². The predicted octanol–water partition coefficient (Wildman–Crippen LogP) is 8.03. The van der Waals surface area contributed by atoms with Crippen LogP contribution in [0.1, 0.15) is 22.3 Å². The van der Waals surface area contributed by atoms with Crippen molar-refractivity contribution in [3.63, 3.8) is 0 Å². The third-order valence-corrected chi connectivity index (χ3v) is 8.26. The van der Waals surface area contributed by atoms with Crippen LogP contribution in [0.2, 0.25) is 0 Å². The lowest BCUT2D eigenvalue weighted by Crippen LogP contribution is -2.28. The number of rotatable bonds is 5. The quantitative estimate of drug-likeness (QED) is 0.217. The van der Waals surface area contributed by atoms with Crippen LogP contribution >= 0.6 is 0 Å². The van der Waals surface area contributed by atoms with Gasteiger partial charge >= 0.3 is 0 Å². The van der Waals surface area contributed by atoms with Crippen molar-refractivity contribution in [1.29, 1.82) is 0 Å². The Bertz CT molecular complexity index is 1960. The Morgan fingerprint density at radius 3 is 1.81 bits per heavy atom. The molecule has 0 spiro atoms. The molecule has 8 rings (SSSR count). The van der Waals surface area contributed by atoms with Crippen molar-refractivity contribution in [2.75, 3.05) is 0 Å². The van der Waals surface area contributed by atoms with E-state index in [4.69, 9.17) is 9.97 Å². The van der Waals surface area contributed by atoms with Gasteiger partial charge in [-0.25, -0.2) is 9.97 Å². The summed E-state index contributed by atoms with van der Waals surface area (Å²) in [7, 11) is 0. The molecule has 3 aromatic carbocycles. The molecule has 0 amide bonds. The van der Waals surface area contributed by atoms with Crippen LogP contribution in [0.25, 0.3) is 45.0 Å². The Labute approximate surface area is 249 Å². The highest BCUT2D eigenvalue weighted by atomic mass is 14.9. The number of hydrogen-bond donors (Lipinski definition) is 0. The fourth-order valence-corrected chi connectivity index (χ4v) is 6.40. The molecule has 0 radical (unpaired) electrons. The number of pyridine rings is 3. The van der Waals surface area contributed by atoms with Crippen LogP contribution in [-0.4, -0.2) is 24.9 Å². The zero-order valence-electron chi connectivity index (χ0n) is 23.2. The minimum atomic E-state index is -0.516. The van der Waals surface area contributed by atoms with E-state index in [1.54, 1.807) is 18.6 Å². The van der Waals surface area contributed by atoms with Gasteiger partial charge in [-0.2, -0.15) is 0 Å². The fraction of sp³-hybridized carbons (Fsp3) is 0.0263. The second-order valence-electron chi connectivity index (χ2n) is 10.6. The Hall–Kier alpha value is -5.81. The van der Waals surface area contributed by atoms with E-state index in [1.807, 2.05) is 42.9 Å². The molecular weight excluding hydrogens is 526 g/mol. The van der Waals surface area contributed by atoms with Crippen LogP contribution in [0.3, 0.4) is 0 Å². The normalized spacial score (nSPS) is 15.1. The van der Waals surface area contributed by atoms with Gasteiger partial charge < -0.3 is 0 Å². The largest absolute Gasteiger partial charge is 0.265 e. The molecule has 0 fully saturated rings. The van der Waals surface area contributed by atoms with Gasteiger partial charge in [0.1, 0.15) is 0 Å². The first kappa shape index (κ1) is 24.9. The molecule has 0 N–H and O–H groups in total. The summed E-state index contributed by atoms with van der Waals surface area (Å²) in [5.74, 6) is 0.622. The van der Waals surface area contributed by atoms with Crippen LogP contribution in [0.4, 0.5) is 0 Å². The molecule has 1 unspecified atom stereocenters. The summed E-state index contributed by atoms with van der Waals surface area (Å²) < 4.78 is 0. The topological polar surface area (TPSA) is 64.5 Å². The molecule has 0 saturated heterocycles. The van der Waals surface area contributed by atoms with Gasteiger partial charge in [0.2, 0.25) is 0 Å². The Balaban J connectivity index is 1.41. The Kier molecular flexibility index (Phi) is 5.93. The van der Waals surface area contributed by atoms with Gasteiger partial charge in [0.15, 0.2) is 5.82 Å². The van der Waals surface area contributed by atoms with Crippen molar-refractivity contribution in [3.8, 4) is 45.0 Å². The average Bonchev–Trinajstić information content (AvgIpc) is 3.40. The van der Waals surface area contributed by atoms with Crippen LogP contribution in [0, 0.1) is 0 Å². The third-order valence-electron chi connectivity index (χ3n) is 8.26. The zero-order valence-corrected chi connectivity index (χ0v) is 23.2. The molecule has 0 bridgehead atoms. The first-order chi connectivity index (χ1) is 21.3. The number of benzene rings is 3. The lowest BCUT2D eigenvalue weighted by Gasteiger charge is -2.33. The second-order valence-corrected chi connectivity index (χ2v) is 10.6. The smallest absolute Gasteiger partial charge is 0.161 e. The summed E-state index contributed by atoms with van der Waals surface area (Å²) in [5.41, 5.74) is 11.2. The number of fused-ring (bicyclic) bond motifs is 3. The molecule has 202 valence electrons. The summed E-state index contributed by atoms with van der Waals surface area (Å²) in [5, 5.41) is 0. The van der Waals surface area contributed by atoms with Crippen molar-refractivity contribution in [3.05, 3.63) is 175 Å². The molecule has 1 aliphatic rings. The van der Waals surface area contributed by atoms with Gasteiger partial charge in [0, 0.05) is 53.9 Å². The molecule has 7 aromatic rings. The summed E-state index contributed by atoms with van der Waals surface area (Å²) in [6.45, 7) is 0. The molecular formula is C38H25N5. The molecule has 4 heterocycles. The maximum Gasteiger partial charge on any atom is 0.161 e. The first-order valence-corrected chi connectivity index (χ1v) is 14.2. The summed E-state index contributed by atoms with van der Waals surface area (Å²) in [4.78, 5) is 23.1. The maximum absolute atomic E-state index is 5.09. The first-order valence-electron chi connectivity index (χ1n) is 14.2. The summed E-state index contributed by atoms with van der Waals surface area (Å²) in [6.07, 6.45) is 10.9. The molecule has 5 nitrogen and oxygen atoms in total. The predicted molar refractivity (Wildman–Crippen MR) is 169 cm³/mol. The summed E-state index contributed by atoms with van der Waals surface area (Å²) in [6, 6.07) is 40.4. The standard InChI is InChI=1S/C38H25N5/c1-2-10-29(11-3-1)38(30-16-20-39-21-17-30)33-13-5-4-12-31(33)32-15-14-26(22-34(32)38)35-23-36(27-8-6-18-40-24-27)43-37(42-35)28-9-7-19-41-25-28/h1-25H. The highest BCUT2D eigenvalue weighted by molar-refractivity contribution is 5.88. The minimum Gasteiger partial charge on any atom is -0.265 e. The van der Waals surface area contributed by atoms with E-state index < -0.39 is 5.41 Å². The van der Waals surface area contributed by atoms with E-state index in [0.717, 1.165) is 28.1 Å². The Morgan fingerprint density at radius 2 is 1.07 bits per heavy atom. The van der Waals surface area contributed by atoms with Gasteiger partial charge in [-0.15, -0.1) is 0 Å². The average molecular weight is 552 g/mol. The fourth-order valence-electron chi connectivity index (χ4n) is 6.40. The molecule has 1 atom stereocenters. The van der Waals surface area contributed by atoms with E-state index in [1.165, 1.54) is 33.4 Å². The number of aromatic nitrogens is 5. The highest BCUT2D eigenvalue weighted by Gasteiger charge is 2.46. The van der Waals surface area contributed by atoms with Crippen LogP contribution in [0.5, 0.6) is 0 Å². The molecule has 1 aliphatic carbocycles. The van der Waals surface area contributed by atoms with Gasteiger partial charge in [-0.3, -0.25) is 15.0 Å². The van der Waals surface area contributed by atoms with Gasteiger partial charge in [0.05, 0.1) is 16.8 Å². The van der Waals surface area contributed by atoms with Crippen LogP contribution < -0.4 is 0 Å². The lowest BCUT2D eigenvalue weighted by molar-refractivity contribution is 0.766. The van der Waals surface area contributed by atoms with E-state index in [9.17, 15) is 0 Å². The van der Waals surface area contributed by atoms with Crippen molar-refractivity contribution < 1.29 is 0 Å². The molecule has 0 aliphatic heterocycles. The van der Waals surface area contributed by atoms with Crippen LogP contribution in [0.15, 0.2) is 152 Å². The van der Waals surface area contributed by atoms with E-state index >= 15 is 0 Å². The third kappa shape index (κ3) is 4.05. The summed E-state index contributed by atoms with van der Waals surface area (Å²) >= 11 is 0. The van der Waals surface area contributed by atoms with Crippen molar-refractivity contribution in [2.24, 2.45) is 0 Å². The lowest BCUT2D eigenvalue weighted by atomic mass is 9.67. The van der Waals surface area contributed by atoms with Gasteiger partial charge in [0.25, 0.3) is 0 Å². The zero-order chi connectivity index (χ0) is 28.6. The van der Waals surface area contributed by atoms with Crippen molar-refractivity contribution in [2.45, 2.75) is 5.41 Å². The van der Waals surface area contributed by atoms with Gasteiger partial charge in [-0.05, 0) is 81.9 Å². The molecule has 43 heavy (non-hydrogen) atoms. The number of hydrogen-bond acceptors (Lipinski definition) is 5. The highest BCUT2D eigenvalue weighted by Crippen LogP contribution is 2.56. The van der Waals surface area contributed by atoms with E-state index in [2.05, 4.69) is 106 Å². The number of nitrogens with zero attached hydrogens (tertiary/aromatic N) is 5. The van der Waals surface area contributed by atoms with E-state index in [0.29, 0.717) is 5.82 Å². The molecule has 5 heteroatoms. The van der Waals surface area contributed by atoms with Crippen molar-refractivity contribution in [1.82, 2.24) is 24.9 Å². The van der Waals surface area contributed by atoms with Gasteiger partial charge in [-0.1, -0.05) is 66.7 Å². The SMILES string of the molecule is c1ccc(C2(c3ccncc3)c3ccccc3-c3ccc(-c4cc(-c5cccnc5)nc(-c5cccnc5)n4)cc32)cc1. The van der Waals surface area contributed by atoms with E-state index in [-0.39, 0.29) is 0 Å². The van der Waals surface area contributed by atoms with Crippen LogP contribution in [-0.2, 0) is 5.41 Å². The molecule has 0 saturated carbocycles. The minimum absolute atomic E-state index is 0.516.